The molecular weight excluding hydrogens is 513 g/mol. The summed E-state index contributed by atoms with van der Waals surface area (Å²) in [6.45, 7) is 5.60. The maximum Gasteiger partial charge on any atom is 0.251 e. The third-order valence-electron chi connectivity index (χ3n) is 6.80. The van der Waals surface area contributed by atoms with Crippen LogP contribution in [0.2, 0.25) is 10.0 Å². The highest BCUT2D eigenvalue weighted by Crippen LogP contribution is 2.33. The molecule has 1 saturated heterocycles. The van der Waals surface area contributed by atoms with Crippen LogP contribution < -0.4 is 10.2 Å². The van der Waals surface area contributed by atoms with E-state index in [1.165, 1.54) is 10.8 Å². The van der Waals surface area contributed by atoms with E-state index in [4.69, 9.17) is 23.2 Å². The van der Waals surface area contributed by atoms with Crippen LogP contribution in [0.4, 0.5) is 5.69 Å². The third-order valence-corrected chi connectivity index (χ3v) is 7.61. The highest BCUT2D eigenvalue weighted by Gasteiger charge is 2.19. The summed E-state index contributed by atoms with van der Waals surface area (Å²) in [6, 6.07) is 24.4. The minimum absolute atomic E-state index is 0. The third kappa shape index (κ3) is 6.07. The van der Waals surface area contributed by atoms with E-state index in [1.807, 2.05) is 48.5 Å². The molecule has 0 aromatic heterocycles. The molecule has 4 nitrogen and oxygen atoms in total. The van der Waals surface area contributed by atoms with Crippen LogP contribution in [0.1, 0.15) is 23.2 Å². The predicted octanol–water partition coefficient (Wildman–Crippen LogP) is 7.05. The smallest absolute Gasteiger partial charge is 0.251 e. The second-order valence-electron chi connectivity index (χ2n) is 9.13. The Balaban J connectivity index is 0.00000304. The number of anilines is 1. The van der Waals surface area contributed by atoms with Gasteiger partial charge in [0.15, 0.2) is 0 Å². The maximum absolute atomic E-state index is 12.7. The Morgan fingerprint density at radius 2 is 1.47 bits per heavy atom. The fourth-order valence-corrected chi connectivity index (χ4v) is 5.21. The number of halogens is 3. The van der Waals surface area contributed by atoms with Gasteiger partial charge < -0.3 is 10.2 Å². The Labute approximate surface area is 228 Å². The summed E-state index contributed by atoms with van der Waals surface area (Å²) < 4.78 is 0. The van der Waals surface area contributed by atoms with Crippen molar-refractivity contribution in [2.75, 3.05) is 44.2 Å². The molecule has 0 aliphatic carbocycles. The van der Waals surface area contributed by atoms with Gasteiger partial charge in [-0.3, -0.25) is 9.69 Å². The number of hydrogen-bond donors (Lipinski definition) is 1. The number of fused-ring (bicyclic) bond motifs is 2. The van der Waals surface area contributed by atoms with Gasteiger partial charge in [-0.1, -0.05) is 59.6 Å². The molecule has 0 atom stereocenters. The number of hydrogen-bond acceptors (Lipinski definition) is 3. The average molecular weight is 543 g/mol. The number of amides is 1. The molecule has 0 spiro atoms. The van der Waals surface area contributed by atoms with E-state index in [2.05, 4.69) is 39.4 Å². The molecule has 1 heterocycles. The van der Waals surface area contributed by atoms with Crippen LogP contribution in [0, 0.1) is 0 Å². The molecule has 1 N–H and O–H groups in total. The molecule has 1 aliphatic heterocycles. The van der Waals surface area contributed by atoms with Crippen molar-refractivity contribution >= 4 is 68.7 Å². The van der Waals surface area contributed by atoms with Crippen molar-refractivity contribution in [3.05, 3.63) is 88.4 Å². The molecular formula is C29H30Cl3N3O. The zero-order chi connectivity index (χ0) is 24.2. The van der Waals surface area contributed by atoms with Crippen LogP contribution in [-0.2, 0) is 0 Å². The van der Waals surface area contributed by atoms with Crippen molar-refractivity contribution in [3.63, 3.8) is 0 Å². The Morgan fingerprint density at radius 3 is 2.22 bits per heavy atom. The van der Waals surface area contributed by atoms with Gasteiger partial charge in [0.2, 0.25) is 0 Å². The number of carbonyl (C=O) groups is 1. The normalized spacial score (nSPS) is 14.1. The molecule has 5 rings (SSSR count). The van der Waals surface area contributed by atoms with Gasteiger partial charge in [0.05, 0.1) is 15.7 Å². The van der Waals surface area contributed by atoms with Gasteiger partial charge in [-0.2, -0.15) is 0 Å². The van der Waals surface area contributed by atoms with Crippen molar-refractivity contribution in [2.45, 2.75) is 12.8 Å². The standard InChI is InChI=1S/C29H29Cl2N3O.ClH/c30-26-8-5-9-27(28(26)31)34-16-14-33(15-17-34)13-4-3-12-32-29(35)24-11-10-23-18-21-6-1-2-7-22(21)19-25(23)20-24;/h1-2,5-11,18-20H,3-4,12-17H2,(H,32,35);1H. The van der Waals surface area contributed by atoms with Gasteiger partial charge in [0.25, 0.3) is 5.91 Å². The Hall–Kier alpha value is -2.50. The number of unbranched alkanes of at least 4 members (excludes halogenated alkanes) is 1. The summed E-state index contributed by atoms with van der Waals surface area (Å²) >= 11 is 12.6. The van der Waals surface area contributed by atoms with Gasteiger partial charge >= 0.3 is 0 Å². The molecule has 7 heteroatoms. The van der Waals surface area contributed by atoms with Crippen LogP contribution in [0.5, 0.6) is 0 Å². The molecule has 0 unspecified atom stereocenters. The molecule has 1 fully saturated rings. The molecule has 4 aromatic carbocycles. The van der Waals surface area contributed by atoms with E-state index in [-0.39, 0.29) is 18.3 Å². The van der Waals surface area contributed by atoms with Crippen molar-refractivity contribution in [1.29, 1.82) is 0 Å². The van der Waals surface area contributed by atoms with E-state index in [1.54, 1.807) is 0 Å². The van der Waals surface area contributed by atoms with Gasteiger partial charge in [0.1, 0.15) is 0 Å². The van der Waals surface area contributed by atoms with Crippen LogP contribution in [-0.4, -0.2) is 50.1 Å². The van der Waals surface area contributed by atoms with Crippen molar-refractivity contribution < 1.29 is 4.79 Å². The second kappa shape index (κ2) is 12.2. The summed E-state index contributed by atoms with van der Waals surface area (Å²) in [5.74, 6) is -0.00734. The first-order valence-corrected chi connectivity index (χ1v) is 13.0. The van der Waals surface area contributed by atoms with Crippen molar-refractivity contribution in [3.8, 4) is 0 Å². The topological polar surface area (TPSA) is 35.6 Å². The van der Waals surface area contributed by atoms with E-state index in [0.717, 1.165) is 62.0 Å². The molecule has 0 radical (unpaired) electrons. The number of rotatable bonds is 7. The first kappa shape index (κ1) is 26.6. The van der Waals surface area contributed by atoms with Crippen LogP contribution in [0.3, 0.4) is 0 Å². The van der Waals surface area contributed by atoms with Gasteiger partial charge in [-0.15, -0.1) is 12.4 Å². The zero-order valence-electron chi connectivity index (χ0n) is 20.1. The van der Waals surface area contributed by atoms with Crippen molar-refractivity contribution in [2.24, 2.45) is 0 Å². The minimum Gasteiger partial charge on any atom is -0.368 e. The summed E-state index contributed by atoms with van der Waals surface area (Å²) in [7, 11) is 0. The Morgan fingerprint density at radius 1 is 0.778 bits per heavy atom. The van der Waals surface area contributed by atoms with Gasteiger partial charge in [-0.25, -0.2) is 0 Å². The molecule has 1 amide bonds. The minimum atomic E-state index is -0.00734. The Bertz CT molecular complexity index is 1350. The van der Waals surface area contributed by atoms with Gasteiger partial charge in [0, 0.05) is 38.3 Å². The summed E-state index contributed by atoms with van der Waals surface area (Å²) in [4.78, 5) is 17.5. The molecule has 0 bridgehead atoms. The summed E-state index contributed by atoms with van der Waals surface area (Å²) in [5, 5.41) is 8.97. The van der Waals surface area contributed by atoms with E-state index < -0.39 is 0 Å². The monoisotopic (exact) mass is 541 g/mol. The fraction of sp³-hybridized carbons (Fsp3) is 0.276. The summed E-state index contributed by atoms with van der Waals surface area (Å²) in [6.07, 6.45) is 2.02. The Kier molecular flexibility index (Phi) is 8.97. The van der Waals surface area contributed by atoms with Crippen LogP contribution >= 0.6 is 35.6 Å². The quantitative estimate of drug-likeness (QED) is 0.201. The lowest BCUT2D eigenvalue weighted by Gasteiger charge is -2.36. The molecule has 0 saturated carbocycles. The number of nitrogens with one attached hydrogen (secondary N) is 1. The fourth-order valence-electron chi connectivity index (χ4n) is 4.79. The first-order valence-electron chi connectivity index (χ1n) is 12.2. The van der Waals surface area contributed by atoms with E-state index in [9.17, 15) is 4.79 Å². The lowest BCUT2D eigenvalue weighted by Crippen LogP contribution is -2.46. The lowest BCUT2D eigenvalue weighted by molar-refractivity contribution is 0.0952. The maximum atomic E-state index is 12.7. The van der Waals surface area contributed by atoms with E-state index in [0.29, 0.717) is 22.2 Å². The molecule has 188 valence electrons. The number of benzene rings is 4. The van der Waals surface area contributed by atoms with Crippen molar-refractivity contribution in [1.82, 2.24) is 10.2 Å². The van der Waals surface area contributed by atoms with Crippen LogP contribution in [0.15, 0.2) is 72.8 Å². The predicted molar refractivity (Wildman–Crippen MR) is 155 cm³/mol. The number of nitrogens with zero attached hydrogens (tertiary/aromatic N) is 2. The molecule has 36 heavy (non-hydrogen) atoms. The lowest BCUT2D eigenvalue weighted by atomic mass is 10.0. The van der Waals surface area contributed by atoms with Crippen LogP contribution in [0.25, 0.3) is 21.5 Å². The largest absolute Gasteiger partial charge is 0.368 e. The zero-order valence-corrected chi connectivity index (χ0v) is 22.4. The second-order valence-corrected chi connectivity index (χ2v) is 9.91. The number of carbonyl (C=O) groups excluding carboxylic acids is 1. The summed E-state index contributed by atoms with van der Waals surface area (Å²) in [5.41, 5.74) is 1.73. The SMILES string of the molecule is Cl.O=C(NCCCCN1CCN(c2cccc(Cl)c2Cl)CC1)c1ccc2cc3ccccc3cc2c1. The molecule has 1 aliphatic rings. The number of piperazine rings is 1. The highest BCUT2D eigenvalue weighted by molar-refractivity contribution is 6.43. The highest BCUT2D eigenvalue weighted by atomic mass is 35.5. The average Bonchev–Trinajstić information content (AvgIpc) is 2.89. The van der Waals surface area contributed by atoms with E-state index >= 15 is 0 Å². The van der Waals surface area contributed by atoms with Gasteiger partial charge in [-0.05, 0) is 77.3 Å². The molecule has 4 aromatic rings. The first-order chi connectivity index (χ1) is 17.1.